The van der Waals surface area contributed by atoms with Gasteiger partial charge in [-0.3, -0.25) is 9.78 Å². The Morgan fingerprint density at radius 2 is 1.95 bits per heavy atom. The van der Waals surface area contributed by atoms with Gasteiger partial charge in [0, 0.05) is 18.0 Å². The predicted molar refractivity (Wildman–Crippen MR) is 70.1 cm³/mol. The average Bonchev–Trinajstić information content (AvgIpc) is 2.46. The highest BCUT2D eigenvalue weighted by Gasteiger charge is 2.35. The zero-order chi connectivity index (χ0) is 15.6. The first-order valence-electron chi connectivity index (χ1n) is 5.84. The molecule has 7 heteroatoms. The van der Waals surface area contributed by atoms with Gasteiger partial charge in [-0.05, 0) is 18.2 Å². The van der Waals surface area contributed by atoms with Gasteiger partial charge in [-0.25, -0.2) is 0 Å². The largest absolute Gasteiger partial charge is 0.495 e. The number of ketones is 1. The number of benzene rings is 1. The molecular formula is C14H11F3N2O2. The number of para-hydroxylation sites is 1. The molecule has 1 heterocycles. The normalized spacial score (nSPS) is 11.2. The number of nitrogens with zero attached hydrogens (tertiary/aromatic N) is 1. The Hall–Kier alpha value is -2.57. The molecule has 0 unspecified atom stereocenters. The summed E-state index contributed by atoms with van der Waals surface area (Å²) in [6.45, 7) is 0. The number of pyridine rings is 1. The molecule has 0 radical (unpaired) electrons. The highest BCUT2D eigenvalue weighted by Crippen LogP contribution is 2.34. The molecule has 0 aliphatic heterocycles. The maximum atomic E-state index is 12.9. The van der Waals surface area contributed by atoms with Crippen LogP contribution in [0.15, 0.2) is 36.7 Å². The van der Waals surface area contributed by atoms with Gasteiger partial charge >= 0.3 is 6.18 Å². The van der Waals surface area contributed by atoms with Crippen molar-refractivity contribution in [1.29, 1.82) is 0 Å². The van der Waals surface area contributed by atoms with Gasteiger partial charge in [-0.2, -0.15) is 13.2 Å². The van der Waals surface area contributed by atoms with Gasteiger partial charge in [0.2, 0.25) is 0 Å². The van der Waals surface area contributed by atoms with Crippen LogP contribution in [0.2, 0.25) is 0 Å². The summed E-state index contributed by atoms with van der Waals surface area (Å²) < 4.78 is 43.8. The summed E-state index contributed by atoms with van der Waals surface area (Å²) in [6.07, 6.45) is -2.79. The molecule has 0 amide bonds. The average molecular weight is 296 g/mol. The number of anilines is 1. The van der Waals surface area contributed by atoms with Crippen LogP contribution in [0.1, 0.15) is 21.5 Å². The van der Waals surface area contributed by atoms with Crippen LogP contribution in [-0.2, 0) is 6.18 Å². The quantitative estimate of drug-likeness (QED) is 0.698. The summed E-state index contributed by atoms with van der Waals surface area (Å²) in [5, 5.41) is 0. The molecule has 2 rings (SSSR count). The Kier molecular flexibility index (Phi) is 3.84. The van der Waals surface area contributed by atoms with E-state index in [-0.39, 0.29) is 17.0 Å². The van der Waals surface area contributed by atoms with Crippen molar-refractivity contribution in [2.45, 2.75) is 6.18 Å². The van der Waals surface area contributed by atoms with Crippen molar-refractivity contribution in [3.05, 3.63) is 53.3 Å². The van der Waals surface area contributed by atoms with Crippen LogP contribution in [-0.4, -0.2) is 17.9 Å². The first kappa shape index (κ1) is 14.8. The monoisotopic (exact) mass is 296 g/mol. The third-order valence-corrected chi connectivity index (χ3v) is 2.90. The lowest BCUT2D eigenvalue weighted by Gasteiger charge is -2.13. The topological polar surface area (TPSA) is 65.2 Å². The van der Waals surface area contributed by atoms with E-state index in [1.54, 1.807) is 0 Å². The Morgan fingerprint density at radius 1 is 1.24 bits per heavy atom. The molecule has 0 aliphatic rings. The molecule has 4 nitrogen and oxygen atoms in total. The molecule has 1 aromatic heterocycles. The Morgan fingerprint density at radius 3 is 2.57 bits per heavy atom. The van der Waals surface area contributed by atoms with Crippen molar-refractivity contribution < 1.29 is 22.7 Å². The van der Waals surface area contributed by atoms with Gasteiger partial charge in [0.15, 0.2) is 5.78 Å². The molecule has 0 saturated carbocycles. The number of hydrogen-bond acceptors (Lipinski definition) is 4. The van der Waals surface area contributed by atoms with Crippen LogP contribution in [0.5, 0.6) is 5.75 Å². The first-order valence-corrected chi connectivity index (χ1v) is 5.84. The Labute approximate surface area is 118 Å². The molecule has 0 saturated heterocycles. The Balaban J connectivity index is 2.57. The van der Waals surface area contributed by atoms with Crippen LogP contribution >= 0.6 is 0 Å². The van der Waals surface area contributed by atoms with Gasteiger partial charge in [-0.1, -0.05) is 6.07 Å². The molecule has 0 aliphatic carbocycles. The SMILES string of the molecule is COc1cccc(C(=O)c2cnccc2C(F)(F)F)c1N. The van der Waals surface area contributed by atoms with Gasteiger partial charge in [0.25, 0.3) is 0 Å². The summed E-state index contributed by atoms with van der Waals surface area (Å²) in [5.41, 5.74) is 4.07. The number of nitrogen functional groups attached to an aromatic ring is 1. The van der Waals surface area contributed by atoms with Crippen molar-refractivity contribution in [2.75, 3.05) is 12.8 Å². The van der Waals surface area contributed by atoms with Gasteiger partial charge in [0.1, 0.15) is 5.75 Å². The number of alkyl halides is 3. The number of rotatable bonds is 3. The van der Waals surface area contributed by atoms with Crippen LogP contribution in [0.4, 0.5) is 18.9 Å². The van der Waals surface area contributed by atoms with E-state index in [4.69, 9.17) is 10.5 Å². The number of halogens is 3. The van der Waals surface area contributed by atoms with Gasteiger partial charge < -0.3 is 10.5 Å². The fraction of sp³-hybridized carbons (Fsp3) is 0.143. The van der Waals surface area contributed by atoms with Crippen molar-refractivity contribution in [3.8, 4) is 5.75 Å². The molecule has 0 atom stereocenters. The summed E-state index contributed by atoms with van der Waals surface area (Å²) in [4.78, 5) is 15.9. The van der Waals surface area contributed by atoms with Crippen molar-refractivity contribution in [3.63, 3.8) is 0 Å². The van der Waals surface area contributed by atoms with E-state index in [9.17, 15) is 18.0 Å². The summed E-state index contributed by atoms with van der Waals surface area (Å²) in [5.74, 6) is -0.634. The zero-order valence-corrected chi connectivity index (χ0v) is 10.9. The molecule has 2 aromatic rings. The van der Waals surface area contributed by atoms with Crippen LogP contribution in [0.25, 0.3) is 0 Å². The molecule has 1 aromatic carbocycles. The Bertz CT molecular complexity index is 684. The smallest absolute Gasteiger partial charge is 0.417 e. The van der Waals surface area contributed by atoms with E-state index >= 15 is 0 Å². The minimum Gasteiger partial charge on any atom is -0.495 e. The second-order valence-electron chi connectivity index (χ2n) is 4.17. The van der Waals surface area contributed by atoms with Crippen molar-refractivity contribution >= 4 is 11.5 Å². The number of hydrogen-bond donors (Lipinski definition) is 1. The van der Waals surface area contributed by atoms with Crippen molar-refractivity contribution in [2.24, 2.45) is 0 Å². The van der Waals surface area contributed by atoms with E-state index in [0.29, 0.717) is 0 Å². The molecule has 0 fully saturated rings. The first-order chi connectivity index (χ1) is 9.86. The number of carbonyl (C=O) groups excluding carboxylic acids is 1. The van der Waals surface area contributed by atoms with E-state index < -0.39 is 23.1 Å². The molecule has 0 bridgehead atoms. The second kappa shape index (κ2) is 5.43. The number of aromatic nitrogens is 1. The van der Waals surface area contributed by atoms with Crippen LogP contribution in [0.3, 0.4) is 0 Å². The fourth-order valence-corrected chi connectivity index (χ4v) is 1.89. The van der Waals surface area contributed by atoms with Gasteiger partial charge in [0.05, 0.1) is 23.9 Å². The van der Waals surface area contributed by atoms with E-state index in [1.807, 2.05) is 0 Å². The van der Waals surface area contributed by atoms with Crippen LogP contribution in [0, 0.1) is 0 Å². The van der Waals surface area contributed by atoms with E-state index in [2.05, 4.69) is 4.98 Å². The minimum atomic E-state index is -4.65. The number of carbonyl (C=O) groups is 1. The zero-order valence-electron chi connectivity index (χ0n) is 10.9. The highest BCUT2D eigenvalue weighted by atomic mass is 19.4. The maximum absolute atomic E-state index is 12.9. The minimum absolute atomic E-state index is 0.0121. The number of ether oxygens (including phenoxy) is 1. The molecule has 2 N–H and O–H groups in total. The molecule has 110 valence electrons. The molecule has 0 spiro atoms. The third kappa shape index (κ3) is 2.81. The molecular weight excluding hydrogens is 285 g/mol. The van der Waals surface area contributed by atoms with Gasteiger partial charge in [-0.15, -0.1) is 0 Å². The fourth-order valence-electron chi connectivity index (χ4n) is 1.89. The standard InChI is InChI=1S/C14H11F3N2O2/c1-21-11-4-2-3-8(12(11)18)13(20)9-7-19-6-5-10(9)14(15,16)17/h2-7H,18H2,1H3. The third-order valence-electron chi connectivity index (χ3n) is 2.90. The van der Waals surface area contributed by atoms with E-state index in [0.717, 1.165) is 18.5 Å². The lowest BCUT2D eigenvalue weighted by molar-refractivity contribution is -0.137. The second-order valence-corrected chi connectivity index (χ2v) is 4.17. The highest BCUT2D eigenvalue weighted by molar-refractivity contribution is 6.13. The number of methoxy groups -OCH3 is 1. The summed E-state index contributed by atoms with van der Waals surface area (Å²) in [6, 6.07) is 5.09. The van der Waals surface area contributed by atoms with E-state index in [1.165, 1.54) is 25.3 Å². The van der Waals surface area contributed by atoms with Crippen LogP contribution < -0.4 is 10.5 Å². The van der Waals surface area contributed by atoms with Crippen molar-refractivity contribution in [1.82, 2.24) is 4.98 Å². The number of nitrogens with two attached hydrogens (primary N) is 1. The lowest BCUT2D eigenvalue weighted by Crippen LogP contribution is -2.15. The molecule has 21 heavy (non-hydrogen) atoms. The lowest BCUT2D eigenvalue weighted by atomic mass is 9.98. The summed E-state index contributed by atoms with van der Waals surface area (Å²) in [7, 11) is 1.35. The maximum Gasteiger partial charge on any atom is 0.417 e. The summed E-state index contributed by atoms with van der Waals surface area (Å²) >= 11 is 0. The predicted octanol–water partition coefficient (Wildman–Crippen LogP) is 2.92.